The van der Waals surface area contributed by atoms with E-state index in [-0.39, 0.29) is 30.1 Å². The van der Waals surface area contributed by atoms with E-state index >= 15 is 0 Å². The third-order valence-corrected chi connectivity index (χ3v) is 5.25. The summed E-state index contributed by atoms with van der Waals surface area (Å²) < 4.78 is 10.4. The Balaban J connectivity index is 1.70. The zero-order chi connectivity index (χ0) is 22.3. The Morgan fingerprint density at radius 3 is 2.74 bits per heavy atom. The highest BCUT2D eigenvalue weighted by atomic mass is 16.6. The van der Waals surface area contributed by atoms with Gasteiger partial charge >= 0.3 is 5.88 Å². The number of aromatic nitrogens is 1. The Morgan fingerprint density at radius 2 is 2.10 bits per heavy atom. The van der Waals surface area contributed by atoms with Gasteiger partial charge in [0.2, 0.25) is 0 Å². The molecular weight excluding hydrogens is 404 g/mol. The van der Waals surface area contributed by atoms with Crippen LogP contribution in [0.5, 0.6) is 5.75 Å². The Labute approximate surface area is 176 Å². The van der Waals surface area contributed by atoms with E-state index in [1.165, 1.54) is 18.2 Å². The molecule has 0 spiro atoms. The molecule has 0 bridgehead atoms. The molecule has 4 rings (SSSR count). The van der Waals surface area contributed by atoms with Gasteiger partial charge in [0.15, 0.2) is 5.76 Å². The van der Waals surface area contributed by atoms with E-state index in [0.717, 1.165) is 5.56 Å². The molecule has 31 heavy (non-hydrogen) atoms. The van der Waals surface area contributed by atoms with Crippen LogP contribution in [0.15, 0.2) is 45.5 Å². The van der Waals surface area contributed by atoms with Crippen LogP contribution in [0.4, 0.5) is 11.6 Å². The minimum absolute atomic E-state index is 0.0755. The first-order valence-electron chi connectivity index (χ1n) is 9.52. The molecule has 1 aromatic carbocycles. The fourth-order valence-corrected chi connectivity index (χ4v) is 3.60. The highest BCUT2D eigenvalue weighted by Crippen LogP contribution is 2.38. The molecule has 0 saturated heterocycles. The Kier molecular flexibility index (Phi) is 4.97. The molecule has 10 heteroatoms. The zero-order valence-electron chi connectivity index (χ0n) is 17.1. The van der Waals surface area contributed by atoms with Gasteiger partial charge in [0.25, 0.3) is 5.91 Å². The van der Waals surface area contributed by atoms with Gasteiger partial charge in [0.05, 0.1) is 24.2 Å². The number of furan rings is 1. The maximum absolute atomic E-state index is 13.2. The monoisotopic (exact) mass is 424 g/mol. The van der Waals surface area contributed by atoms with Crippen molar-refractivity contribution >= 4 is 23.1 Å². The lowest BCUT2D eigenvalue weighted by molar-refractivity contribution is -0.402. The normalized spacial score (nSPS) is 15.4. The number of carbonyl (C=O) groups excluding carboxylic acids is 1. The summed E-state index contributed by atoms with van der Waals surface area (Å²) in [5, 5.41) is 27.6. The van der Waals surface area contributed by atoms with Crippen molar-refractivity contribution in [3.63, 3.8) is 0 Å². The number of aromatic hydroxyl groups is 1. The average Bonchev–Trinajstić information content (AvgIpc) is 3.32. The van der Waals surface area contributed by atoms with Crippen LogP contribution >= 0.6 is 0 Å². The number of phenols is 1. The summed E-state index contributed by atoms with van der Waals surface area (Å²) in [7, 11) is 0. The van der Waals surface area contributed by atoms with Crippen LogP contribution in [0.1, 0.15) is 41.3 Å². The number of phenolic OH excluding ortho intramolecular Hbond substituents is 1. The Hall–Kier alpha value is -4.08. The van der Waals surface area contributed by atoms with Crippen LogP contribution in [0.3, 0.4) is 0 Å². The number of fused-ring (bicyclic) bond motifs is 1. The minimum atomic E-state index is -0.602. The smallest absolute Gasteiger partial charge is 0.433 e. The predicted molar refractivity (Wildman–Crippen MR) is 110 cm³/mol. The molecule has 0 saturated carbocycles. The second-order valence-electron chi connectivity index (χ2n) is 7.31. The Bertz CT molecular complexity index is 1190. The first-order chi connectivity index (χ1) is 14.7. The highest BCUT2D eigenvalue weighted by molar-refractivity contribution is 6.26. The van der Waals surface area contributed by atoms with Crippen molar-refractivity contribution in [3.8, 4) is 5.75 Å². The molecule has 160 valence electrons. The summed E-state index contributed by atoms with van der Waals surface area (Å²) in [5.41, 5.74) is 2.84. The molecular formula is C21H20N4O6. The number of benzene rings is 1. The van der Waals surface area contributed by atoms with Crippen LogP contribution in [-0.4, -0.2) is 26.0 Å². The number of nitro groups is 1. The molecule has 2 aromatic heterocycles. The fourth-order valence-electron chi connectivity index (χ4n) is 3.60. The lowest BCUT2D eigenvalue weighted by Gasteiger charge is -2.34. The second kappa shape index (κ2) is 7.63. The zero-order valence-corrected chi connectivity index (χ0v) is 17.1. The molecule has 1 atom stereocenters. The van der Waals surface area contributed by atoms with Crippen molar-refractivity contribution in [2.75, 3.05) is 5.32 Å². The van der Waals surface area contributed by atoms with E-state index < -0.39 is 4.92 Å². The molecule has 0 aliphatic carbocycles. The van der Waals surface area contributed by atoms with Gasteiger partial charge in [0.1, 0.15) is 27.8 Å². The van der Waals surface area contributed by atoms with Crippen LogP contribution in [-0.2, 0) is 11.3 Å². The SMILES string of the molecule is Cc1noc(C)c1NC(=O)C1=CN(Cc2ccc([N+](=O)[O-])o2)C(C)c2cc(O)ccc21. The molecule has 10 nitrogen and oxygen atoms in total. The molecule has 3 heterocycles. The lowest BCUT2D eigenvalue weighted by atomic mass is 9.90. The number of rotatable bonds is 5. The number of aryl methyl sites for hydroxylation is 2. The van der Waals surface area contributed by atoms with Gasteiger partial charge in [-0.05, 0) is 50.1 Å². The number of nitrogens with zero attached hydrogens (tertiary/aromatic N) is 3. The van der Waals surface area contributed by atoms with Crippen molar-refractivity contribution in [2.24, 2.45) is 0 Å². The maximum Gasteiger partial charge on any atom is 0.433 e. The molecule has 0 fully saturated rings. The van der Waals surface area contributed by atoms with E-state index in [4.69, 9.17) is 8.94 Å². The molecule has 1 unspecified atom stereocenters. The van der Waals surface area contributed by atoms with Crippen LogP contribution in [0, 0.1) is 24.0 Å². The molecule has 0 radical (unpaired) electrons. The minimum Gasteiger partial charge on any atom is -0.508 e. The van der Waals surface area contributed by atoms with Crippen molar-refractivity contribution < 1.29 is 23.8 Å². The molecule has 1 aliphatic rings. The standard InChI is InChI=1S/C21H20N4O6/c1-11-20(13(3)31-23-11)22-21(27)18-10-24(9-15-5-7-19(30-15)25(28)29)12(2)17-8-14(26)4-6-16(17)18/h4-8,10,12,26H,9H2,1-3H3,(H,22,27). The van der Waals surface area contributed by atoms with Crippen LogP contribution in [0.25, 0.3) is 5.57 Å². The van der Waals surface area contributed by atoms with Crippen molar-refractivity contribution in [1.29, 1.82) is 0 Å². The summed E-state index contributed by atoms with van der Waals surface area (Å²) >= 11 is 0. The fraction of sp³-hybridized carbons (Fsp3) is 0.238. The van der Waals surface area contributed by atoms with Gasteiger partial charge < -0.3 is 24.3 Å². The average molecular weight is 424 g/mol. The third-order valence-electron chi connectivity index (χ3n) is 5.25. The third kappa shape index (κ3) is 3.75. The lowest BCUT2D eigenvalue weighted by Crippen LogP contribution is -2.29. The van der Waals surface area contributed by atoms with E-state index in [1.54, 1.807) is 32.2 Å². The first kappa shape index (κ1) is 20.2. The summed E-state index contributed by atoms with van der Waals surface area (Å²) in [6.07, 6.45) is 1.69. The van der Waals surface area contributed by atoms with E-state index in [9.17, 15) is 20.0 Å². The largest absolute Gasteiger partial charge is 0.508 e. The summed E-state index contributed by atoms with van der Waals surface area (Å²) in [5.74, 6) is 0.221. The Morgan fingerprint density at radius 1 is 1.32 bits per heavy atom. The predicted octanol–water partition coefficient (Wildman–Crippen LogP) is 4.05. The van der Waals surface area contributed by atoms with E-state index in [2.05, 4.69) is 10.5 Å². The number of carbonyl (C=O) groups is 1. The van der Waals surface area contributed by atoms with Crippen molar-refractivity contribution in [1.82, 2.24) is 10.1 Å². The van der Waals surface area contributed by atoms with Gasteiger partial charge in [0, 0.05) is 6.20 Å². The van der Waals surface area contributed by atoms with Crippen LogP contribution < -0.4 is 5.32 Å². The van der Waals surface area contributed by atoms with Crippen molar-refractivity contribution in [3.05, 3.63) is 75.0 Å². The summed E-state index contributed by atoms with van der Waals surface area (Å²) in [6.45, 7) is 5.54. The van der Waals surface area contributed by atoms with E-state index in [0.29, 0.717) is 34.0 Å². The van der Waals surface area contributed by atoms with Gasteiger partial charge in [-0.15, -0.1) is 0 Å². The number of hydrogen-bond donors (Lipinski definition) is 2. The highest BCUT2D eigenvalue weighted by Gasteiger charge is 2.29. The molecule has 2 N–H and O–H groups in total. The van der Waals surface area contributed by atoms with Crippen molar-refractivity contribution in [2.45, 2.75) is 33.4 Å². The molecule has 3 aromatic rings. The molecule has 1 amide bonds. The summed E-state index contributed by atoms with van der Waals surface area (Å²) in [6, 6.07) is 7.41. The van der Waals surface area contributed by atoms with Gasteiger partial charge in [-0.3, -0.25) is 14.9 Å². The number of nitrogens with one attached hydrogen (secondary N) is 1. The quantitative estimate of drug-likeness (QED) is 0.462. The second-order valence-corrected chi connectivity index (χ2v) is 7.31. The van der Waals surface area contributed by atoms with Gasteiger partial charge in [-0.2, -0.15) is 0 Å². The maximum atomic E-state index is 13.2. The number of anilines is 1. The topological polar surface area (TPSA) is 135 Å². The van der Waals surface area contributed by atoms with Crippen LogP contribution in [0.2, 0.25) is 0 Å². The first-order valence-corrected chi connectivity index (χ1v) is 9.52. The summed E-state index contributed by atoms with van der Waals surface area (Å²) in [4.78, 5) is 25.3. The van der Waals surface area contributed by atoms with Gasteiger partial charge in [-0.1, -0.05) is 11.2 Å². The van der Waals surface area contributed by atoms with E-state index in [1.807, 2.05) is 11.8 Å². The molecule has 1 aliphatic heterocycles. The number of amides is 1. The van der Waals surface area contributed by atoms with Gasteiger partial charge in [-0.25, -0.2) is 0 Å². The number of hydrogen-bond acceptors (Lipinski definition) is 8.